The molecule has 3 rings (SSSR count). The van der Waals surface area contributed by atoms with E-state index in [4.69, 9.17) is 9.15 Å². The Bertz CT molecular complexity index is 768. The van der Waals surface area contributed by atoms with Crippen molar-refractivity contribution in [2.24, 2.45) is 0 Å². The molecule has 0 spiro atoms. The summed E-state index contributed by atoms with van der Waals surface area (Å²) in [5.41, 5.74) is 0.982. The van der Waals surface area contributed by atoms with Crippen molar-refractivity contribution in [2.45, 2.75) is 31.5 Å². The number of hydrogen-bond donors (Lipinski definition) is 0. The third-order valence-corrected chi connectivity index (χ3v) is 4.72. The first-order chi connectivity index (χ1) is 11.8. The second-order valence-electron chi connectivity index (χ2n) is 5.41. The van der Waals surface area contributed by atoms with E-state index < -0.39 is 0 Å². The van der Waals surface area contributed by atoms with E-state index in [9.17, 15) is 0 Å². The first-order valence-electron chi connectivity index (χ1n) is 8.04. The molecular formula is C18H21N3O2S. The predicted molar refractivity (Wildman–Crippen MR) is 95.5 cm³/mol. The second-order valence-corrected chi connectivity index (χ2v) is 6.47. The van der Waals surface area contributed by atoms with Crippen molar-refractivity contribution in [3.8, 4) is 17.1 Å². The fourth-order valence-corrected chi connectivity index (χ4v) is 3.40. The molecule has 24 heavy (non-hydrogen) atoms. The minimum Gasteiger partial charge on any atom is -0.497 e. The van der Waals surface area contributed by atoms with Crippen LogP contribution < -0.4 is 4.74 Å². The molecule has 0 fully saturated rings. The molecule has 0 bridgehead atoms. The van der Waals surface area contributed by atoms with Crippen LogP contribution in [0.3, 0.4) is 0 Å². The van der Waals surface area contributed by atoms with Crippen molar-refractivity contribution in [3.05, 3.63) is 48.4 Å². The van der Waals surface area contributed by atoms with Crippen LogP contribution in [-0.2, 0) is 6.54 Å². The molecule has 126 valence electrons. The van der Waals surface area contributed by atoms with Gasteiger partial charge < -0.3 is 9.15 Å². The first-order valence-corrected chi connectivity index (χ1v) is 9.03. The molecule has 2 heterocycles. The smallest absolute Gasteiger partial charge is 0.191 e. The van der Waals surface area contributed by atoms with Gasteiger partial charge in [0.2, 0.25) is 0 Å². The highest BCUT2D eigenvalue weighted by Gasteiger charge is 2.16. The Kier molecular flexibility index (Phi) is 5.59. The van der Waals surface area contributed by atoms with Crippen LogP contribution in [0.25, 0.3) is 11.4 Å². The molecule has 0 aliphatic carbocycles. The fourth-order valence-electron chi connectivity index (χ4n) is 2.38. The van der Waals surface area contributed by atoms with Gasteiger partial charge in [-0.25, -0.2) is 0 Å². The van der Waals surface area contributed by atoms with Gasteiger partial charge in [-0.3, -0.25) is 4.57 Å². The molecule has 6 heteroatoms. The first kappa shape index (κ1) is 16.6. The second kappa shape index (κ2) is 8.06. The lowest BCUT2D eigenvalue weighted by Crippen LogP contribution is -2.03. The lowest BCUT2D eigenvalue weighted by atomic mass is 10.2. The summed E-state index contributed by atoms with van der Waals surface area (Å²) in [4.78, 5) is 0. The van der Waals surface area contributed by atoms with Gasteiger partial charge >= 0.3 is 0 Å². The number of unbranched alkanes of at least 4 members (excludes halogenated alkanes) is 1. The van der Waals surface area contributed by atoms with Gasteiger partial charge in [0, 0.05) is 11.3 Å². The van der Waals surface area contributed by atoms with Gasteiger partial charge in [0.1, 0.15) is 11.5 Å². The quantitative estimate of drug-likeness (QED) is 0.446. The van der Waals surface area contributed by atoms with Crippen LogP contribution in [0.5, 0.6) is 5.75 Å². The van der Waals surface area contributed by atoms with Crippen molar-refractivity contribution >= 4 is 11.8 Å². The summed E-state index contributed by atoms with van der Waals surface area (Å²) in [6.07, 6.45) is 4.02. The Morgan fingerprint density at radius 3 is 2.88 bits per heavy atom. The molecule has 0 unspecified atom stereocenters. The van der Waals surface area contributed by atoms with E-state index in [1.165, 1.54) is 6.42 Å². The number of aromatic nitrogens is 3. The molecule has 5 nitrogen and oxygen atoms in total. The number of rotatable bonds is 8. The Labute approximate surface area is 146 Å². The number of hydrogen-bond acceptors (Lipinski definition) is 5. The van der Waals surface area contributed by atoms with Crippen LogP contribution in [0.4, 0.5) is 0 Å². The molecule has 0 aliphatic rings. The Morgan fingerprint density at radius 1 is 1.21 bits per heavy atom. The average molecular weight is 343 g/mol. The van der Waals surface area contributed by atoms with Crippen LogP contribution in [0.2, 0.25) is 0 Å². The van der Waals surface area contributed by atoms with Crippen LogP contribution in [0, 0.1) is 0 Å². The van der Waals surface area contributed by atoms with Crippen LogP contribution >= 0.6 is 11.8 Å². The molecule has 0 saturated heterocycles. The summed E-state index contributed by atoms with van der Waals surface area (Å²) >= 11 is 1.74. The normalized spacial score (nSPS) is 10.9. The van der Waals surface area contributed by atoms with Crippen LogP contribution in [-0.4, -0.2) is 27.6 Å². The molecule has 1 aromatic carbocycles. The zero-order valence-corrected chi connectivity index (χ0v) is 14.8. The highest BCUT2D eigenvalue weighted by atomic mass is 32.2. The van der Waals surface area contributed by atoms with Gasteiger partial charge in [-0.2, -0.15) is 0 Å². The molecule has 0 atom stereocenters. The molecule has 0 aliphatic heterocycles. The van der Waals surface area contributed by atoms with E-state index in [-0.39, 0.29) is 0 Å². The maximum atomic E-state index is 5.51. The number of ether oxygens (including phenoxy) is 1. The highest BCUT2D eigenvalue weighted by Crippen LogP contribution is 2.27. The largest absolute Gasteiger partial charge is 0.497 e. The number of benzene rings is 1. The van der Waals surface area contributed by atoms with Gasteiger partial charge in [-0.05, 0) is 30.7 Å². The fraction of sp³-hybridized carbons (Fsp3) is 0.333. The number of nitrogens with zero attached hydrogens (tertiary/aromatic N) is 3. The lowest BCUT2D eigenvalue weighted by Gasteiger charge is -2.09. The van der Waals surface area contributed by atoms with Crippen LogP contribution in [0.1, 0.15) is 25.5 Å². The van der Waals surface area contributed by atoms with Crippen molar-refractivity contribution < 1.29 is 9.15 Å². The zero-order valence-electron chi connectivity index (χ0n) is 13.9. The third-order valence-electron chi connectivity index (χ3n) is 3.67. The average Bonchev–Trinajstić information content (AvgIpc) is 3.26. The van der Waals surface area contributed by atoms with Crippen molar-refractivity contribution in [2.75, 3.05) is 12.9 Å². The van der Waals surface area contributed by atoms with Gasteiger partial charge in [-0.1, -0.05) is 37.2 Å². The van der Waals surface area contributed by atoms with Crippen molar-refractivity contribution in [3.63, 3.8) is 0 Å². The van der Waals surface area contributed by atoms with Gasteiger partial charge in [0.25, 0.3) is 0 Å². The van der Waals surface area contributed by atoms with Gasteiger partial charge in [0.05, 0.1) is 19.9 Å². The van der Waals surface area contributed by atoms with Crippen molar-refractivity contribution in [1.29, 1.82) is 0 Å². The minimum atomic E-state index is 0.612. The van der Waals surface area contributed by atoms with E-state index in [2.05, 4.69) is 21.7 Å². The van der Waals surface area contributed by atoms with E-state index in [1.807, 2.05) is 36.4 Å². The minimum absolute atomic E-state index is 0.612. The maximum absolute atomic E-state index is 5.51. The Morgan fingerprint density at radius 2 is 2.12 bits per heavy atom. The topological polar surface area (TPSA) is 53.1 Å². The summed E-state index contributed by atoms with van der Waals surface area (Å²) in [6, 6.07) is 11.7. The number of thioether (sulfide) groups is 1. The van der Waals surface area contributed by atoms with E-state index in [1.54, 1.807) is 25.1 Å². The van der Waals surface area contributed by atoms with E-state index >= 15 is 0 Å². The molecule has 2 aromatic heterocycles. The summed E-state index contributed by atoms with van der Waals surface area (Å²) in [7, 11) is 1.67. The Balaban J connectivity index is 1.94. The molecule has 0 N–H and O–H groups in total. The summed E-state index contributed by atoms with van der Waals surface area (Å²) in [6.45, 7) is 2.80. The van der Waals surface area contributed by atoms with Crippen LogP contribution in [0.15, 0.2) is 52.2 Å². The van der Waals surface area contributed by atoms with Crippen molar-refractivity contribution in [1.82, 2.24) is 14.8 Å². The van der Waals surface area contributed by atoms with Gasteiger partial charge in [-0.15, -0.1) is 10.2 Å². The summed E-state index contributed by atoms with van der Waals surface area (Å²) < 4.78 is 12.9. The molecular weight excluding hydrogens is 322 g/mol. The lowest BCUT2D eigenvalue weighted by molar-refractivity contribution is 0.415. The third kappa shape index (κ3) is 3.82. The highest BCUT2D eigenvalue weighted by molar-refractivity contribution is 7.99. The summed E-state index contributed by atoms with van der Waals surface area (Å²) in [5, 5.41) is 9.72. The molecule has 0 radical (unpaired) electrons. The Hall–Kier alpha value is -2.21. The predicted octanol–water partition coefficient (Wildman–Crippen LogP) is 4.49. The number of methoxy groups -OCH3 is 1. The number of furan rings is 1. The standard InChI is InChI=1S/C18H21N3O2S/c1-3-4-11-24-18-20-19-17(14-7-5-8-15(12-14)22-2)21(18)13-16-9-6-10-23-16/h5-10,12H,3-4,11,13H2,1-2H3. The monoisotopic (exact) mass is 343 g/mol. The summed E-state index contributed by atoms with van der Waals surface area (Å²) in [5.74, 6) is 3.55. The maximum Gasteiger partial charge on any atom is 0.191 e. The van der Waals surface area contributed by atoms with Gasteiger partial charge in [0.15, 0.2) is 11.0 Å². The molecule has 0 saturated carbocycles. The molecule has 3 aromatic rings. The van der Waals surface area contributed by atoms with E-state index in [0.29, 0.717) is 6.54 Å². The SMILES string of the molecule is CCCCSc1nnc(-c2cccc(OC)c2)n1Cc1ccco1. The van der Waals surface area contributed by atoms with E-state index in [0.717, 1.165) is 40.2 Å². The zero-order chi connectivity index (χ0) is 16.8. The molecule has 0 amide bonds.